The van der Waals surface area contributed by atoms with E-state index in [1.54, 1.807) is 13.3 Å². The van der Waals surface area contributed by atoms with Crippen molar-refractivity contribution in [2.75, 3.05) is 19.5 Å². The summed E-state index contributed by atoms with van der Waals surface area (Å²) >= 11 is 1.47. The molecule has 0 aromatic heterocycles. The van der Waals surface area contributed by atoms with E-state index in [0.717, 1.165) is 10.5 Å². The van der Waals surface area contributed by atoms with Crippen molar-refractivity contribution >= 4 is 23.9 Å². The first-order valence-corrected chi connectivity index (χ1v) is 8.93. The normalized spacial score (nSPS) is 10.7. The Morgan fingerprint density at radius 3 is 2.68 bits per heavy atom. The number of methoxy groups -OCH3 is 1. The van der Waals surface area contributed by atoms with Gasteiger partial charge >= 0.3 is 0 Å². The second-order valence-electron chi connectivity index (χ2n) is 5.21. The van der Waals surface area contributed by atoms with Crippen molar-refractivity contribution in [2.24, 2.45) is 5.10 Å². The van der Waals surface area contributed by atoms with Gasteiger partial charge in [0.15, 0.2) is 11.5 Å². The van der Waals surface area contributed by atoms with E-state index in [0.29, 0.717) is 23.9 Å². The first kappa shape index (κ1) is 18.9. The van der Waals surface area contributed by atoms with Gasteiger partial charge in [0.05, 0.1) is 25.7 Å². The standard InChI is InChI=1S/C19H22N2O3S/c1-4-24-19-15(6-5-7-17(19)23-3)12-20-21-18(22)13-25-16-10-8-14(2)9-11-16/h5-12H,4,13H2,1-3H3,(H,21,22)/b20-12+. The molecule has 132 valence electrons. The summed E-state index contributed by atoms with van der Waals surface area (Å²) < 4.78 is 10.9. The van der Waals surface area contributed by atoms with Crippen molar-refractivity contribution in [2.45, 2.75) is 18.7 Å². The van der Waals surface area contributed by atoms with Crippen molar-refractivity contribution in [1.29, 1.82) is 0 Å². The quantitative estimate of drug-likeness (QED) is 0.445. The molecule has 0 aliphatic rings. The number of ether oxygens (including phenoxy) is 2. The lowest BCUT2D eigenvalue weighted by Gasteiger charge is -2.11. The summed E-state index contributed by atoms with van der Waals surface area (Å²) in [6, 6.07) is 13.6. The van der Waals surface area contributed by atoms with Crippen molar-refractivity contribution in [1.82, 2.24) is 5.43 Å². The average molecular weight is 358 g/mol. The van der Waals surface area contributed by atoms with E-state index in [1.165, 1.54) is 17.3 Å². The van der Waals surface area contributed by atoms with E-state index in [4.69, 9.17) is 9.47 Å². The molecule has 1 amide bonds. The van der Waals surface area contributed by atoms with Crippen LogP contribution in [0.4, 0.5) is 0 Å². The Morgan fingerprint density at radius 1 is 1.24 bits per heavy atom. The Labute approximate surface area is 152 Å². The minimum atomic E-state index is -0.164. The number of hydrogen-bond donors (Lipinski definition) is 1. The molecule has 0 fully saturated rings. The Bertz CT molecular complexity index is 730. The first-order chi connectivity index (χ1) is 12.1. The fourth-order valence-corrected chi connectivity index (χ4v) is 2.77. The third kappa shape index (κ3) is 5.83. The van der Waals surface area contributed by atoms with Crippen LogP contribution >= 0.6 is 11.8 Å². The maximum Gasteiger partial charge on any atom is 0.250 e. The molecule has 0 radical (unpaired) electrons. The molecule has 0 saturated heterocycles. The summed E-state index contributed by atoms with van der Waals surface area (Å²) in [6.45, 7) is 4.45. The van der Waals surface area contributed by atoms with Gasteiger partial charge in [0.1, 0.15) is 0 Å². The predicted molar refractivity (Wildman–Crippen MR) is 102 cm³/mol. The molecule has 2 aromatic carbocycles. The number of rotatable bonds is 8. The van der Waals surface area contributed by atoms with Gasteiger partial charge in [-0.05, 0) is 38.1 Å². The maximum absolute atomic E-state index is 11.9. The van der Waals surface area contributed by atoms with E-state index in [-0.39, 0.29) is 5.91 Å². The van der Waals surface area contributed by atoms with Crippen molar-refractivity contribution in [3.8, 4) is 11.5 Å². The van der Waals surface area contributed by atoms with Crippen LogP contribution < -0.4 is 14.9 Å². The Balaban J connectivity index is 1.91. The van der Waals surface area contributed by atoms with E-state index >= 15 is 0 Å². The van der Waals surface area contributed by atoms with Crippen LogP contribution in [0.2, 0.25) is 0 Å². The van der Waals surface area contributed by atoms with Gasteiger partial charge in [0, 0.05) is 10.5 Å². The van der Waals surface area contributed by atoms with Gasteiger partial charge in [0.25, 0.3) is 0 Å². The number of nitrogens with zero attached hydrogens (tertiary/aromatic N) is 1. The van der Waals surface area contributed by atoms with Gasteiger partial charge in [0.2, 0.25) is 5.91 Å². The predicted octanol–water partition coefficient (Wildman–Crippen LogP) is 3.64. The molecule has 2 aromatic rings. The molecule has 0 heterocycles. The first-order valence-electron chi connectivity index (χ1n) is 7.95. The Kier molecular flexibility index (Phi) is 7.35. The monoisotopic (exact) mass is 358 g/mol. The lowest BCUT2D eigenvalue weighted by Crippen LogP contribution is -2.19. The van der Waals surface area contributed by atoms with Crippen molar-refractivity contribution < 1.29 is 14.3 Å². The minimum Gasteiger partial charge on any atom is -0.493 e. The van der Waals surface area contributed by atoms with Crippen LogP contribution in [0.25, 0.3) is 0 Å². The second kappa shape index (κ2) is 9.74. The van der Waals surface area contributed by atoms with Gasteiger partial charge in [-0.3, -0.25) is 4.79 Å². The topological polar surface area (TPSA) is 59.9 Å². The average Bonchev–Trinajstić information content (AvgIpc) is 2.62. The van der Waals surface area contributed by atoms with Gasteiger partial charge in [-0.25, -0.2) is 5.43 Å². The molecule has 6 heteroatoms. The highest BCUT2D eigenvalue weighted by atomic mass is 32.2. The fourth-order valence-electron chi connectivity index (χ4n) is 2.08. The van der Waals surface area contributed by atoms with Crippen LogP contribution in [0.5, 0.6) is 11.5 Å². The van der Waals surface area contributed by atoms with Gasteiger partial charge in [-0.2, -0.15) is 5.10 Å². The highest BCUT2D eigenvalue weighted by Gasteiger charge is 2.08. The molecule has 0 aliphatic carbocycles. The number of nitrogens with one attached hydrogen (secondary N) is 1. The Morgan fingerprint density at radius 2 is 2.00 bits per heavy atom. The number of aryl methyl sites for hydroxylation is 1. The number of thioether (sulfide) groups is 1. The van der Waals surface area contributed by atoms with Crippen LogP contribution in [0.1, 0.15) is 18.1 Å². The summed E-state index contributed by atoms with van der Waals surface area (Å²) in [4.78, 5) is 13.0. The van der Waals surface area contributed by atoms with E-state index in [9.17, 15) is 4.79 Å². The summed E-state index contributed by atoms with van der Waals surface area (Å²) in [7, 11) is 1.59. The SMILES string of the molecule is CCOc1c(/C=N/NC(=O)CSc2ccc(C)cc2)cccc1OC. The van der Waals surface area contributed by atoms with Crippen LogP contribution in [-0.4, -0.2) is 31.6 Å². The largest absolute Gasteiger partial charge is 0.493 e. The lowest BCUT2D eigenvalue weighted by atomic mass is 10.2. The van der Waals surface area contributed by atoms with Crippen molar-refractivity contribution in [3.05, 3.63) is 53.6 Å². The molecular weight excluding hydrogens is 336 g/mol. The lowest BCUT2D eigenvalue weighted by molar-refractivity contribution is -0.118. The summed E-state index contributed by atoms with van der Waals surface area (Å²) in [5.41, 5.74) is 4.47. The zero-order valence-corrected chi connectivity index (χ0v) is 15.4. The summed E-state index contributed by atoms with van der Waals surface area (Å²) in [6.07, 6.45) is 1.56. The molecular formula is C19H22N2O3S. The summed E-state index contributed by atoms with van der Waals surface area (Å²) in [5, 5.41) is 4.01. The number of para-hydroxylation sites is 1. The smallest absolute Gasteiger partial charge is 0.250 e. The molecule has 0 atom stereocenters. The fraction of sp³-hybridized carbons (Fsp3) is 0.263. The number of amides is 1. The molecule has 2 rings (SSSR count). The third-order valence-corrected chi connectivity index (χ3v) is 4.31. The summed E-state index contributed by atoms with van der Waals surface area (Å²) in [5.74, 6) is 1.38. The zero-order valence-electron chi connectivity index (χ0n) is 14.6. The van der Waals surface area contributed by atoms with Crippen LogP contribution in [0.15, 0.2) is 52.5 Å². The van der Waals surface area contributed by atoms with Crippen LogP contribution in [-0.2, 0) is 4.79 Å². The van der Waals surface area contributed by atoms with E-state index in [2.05, 4.69) is 10.5 Å². The third-order valence-electron chi connectivity index (χ3n) is 3.30. The minimum absolute atomic E-state index is 0.164. The molecule has 0 unspecified atom stereocenters. The van der Waals surface area contributed by atoms with E-state index in [1.807, 2.05) is 56.3 Å². The highest BCUT2D eigenvalue weighted by molar-refractivity contribution is 8.00. The Hall–Kier alpha value is -2.47. The molecule has 25 heavy (non-hydrogen) atoms. The molecule has 0 spiro atoms. The zero-order chi connectivity index (χ0) is 18.1. The van der Waals surface area contributed by atoms with Gasteiger partial charge in [-0.1, -0.05) is 23.8 Å². The number of benzene rings is 2. The maximum atomic E-state index is 11.9. The number of hydrazone groups is 1. The number of hydrogen-bond acceptors (Lipinski definition) is 5. The number of carbonyl (C=O) groups is 1. The molecule has 1 N–H and O–H groups in total. The van der Waals surface area contributed by atoms with Crippen molar-refractivity contribution in [3.63, 3.8) is 0 Å². The highest BCUT2D eigenvalue weighted by Crippen LogP contribution is 2.29. The van der Waals surface area contributed by atoms with Crippen LogP contribution in [0, 0.1) is 6.92 Å². The van der Waals surface area contributed by atoms with Gasteiger partial charge in [-0.15, -0.1) is 11.8 Å². The number of carbonyl (C=O) groups excluding carboxylic acids is 1. The molecule has 0 aliphatic heterocycles. The van der Waals surface area contributed by atoms with Crippen LogP contribution in [0.3, 0.4) is 0 Å². The van der Waals surface area contributed by atoms with E-state index < -0.39 is 0 Å². The molecule has 0 saturated carbocycles. The molecule has 5 nitrogen and oxygen atoms in total. The van der Waals surface area contributed by atoms with Gasteiger partial charge < -0.3 is 9.47 Å². The second-order valence-corrected chi connectivity index (χ2v) is 6.26. The molecule has 0 bridgehead atoms.